The maximum Gasteiger partial charge on any atom is 0.315 e. The van der Waals surface area contributed by atoms with Crippen LogP contribution in [0.3, 0.4) is 0 Å². The minimum absolute atomic E-state index is 0.0142. The monoisotopic (exact) mass is 1260 g/mol. The summed E-state index contributed by atoms with van der Waals surface area (Å²) in [5, 5.41) is 164. The van der Waals surface area contributed by atoms with E-state index >= 15 is 4.79 Å². The van der Waals surface area contributed by atoms with Gasteiger partial charge in [0.25, 0.3) is 6.47 Å². The van der Waals surface area contributed by atoms with Crippen LogP contribution in [0.5, 0.6) is 0 Å². The van der Waals surface area contributed by atoms with Crippen LogP contribution in [0.1, 0.15) is 113 Å². The molecule has 0 bridgehead atoms. The number of carboxylic acid groups (broad SMARTS) is 1. The zero-order valence-corrected chi connectivity index (χ0v) is 50.6. The molecule has 10 rings (SSSR count). The number of carboxylic acids is 1. The van der Waals surface area contributed by atoms with Gasteiger partial charge in [0, 0.05) is 0 Å². The topological polar surface area (TPSA) is 456 Å². The third-order valence-corrected chi connectivity index (χ3v) is 23.0. The predicted molar refractivity (Wildman–Crippen MR) is 290 cm³/mol. The molecular weight excluding hydrogens is 1170 g/mol. The summed E-state index contributed by atoms with van der Waals surface area (Å²) in [5.41, 5.74) is -4.38. The predicted octanol–water partition coefficient (Wildman–Crippen LogP) is -3.34. The summed E-state index contributed by atoms with van der Waals surface area (Å²) in [4.78, 5) is 41.2. The van der Waals surface area contributed by atoms with Gasteiger partial charge in [-0.3, -0.25) is 14.4 Å². The van der Waals surface area contributed by atoms with E-state index in [1.54, 1.807) is 0 Å². The Bertz CT molecular complexity index is 2540. The summed E-state index contributed by atoms with van der Waals surface area (Å²) in [6, 6.07) is 0. The minimum Gasteiger partial charge on any atom is -0.481 e. The molecule has 5 saturated heterocycles. The van der Waals surface area contributed by atoms with E-state index in [-0.39, 0.29) is 24.2 Å². The van der Waals surface area contributed by atoms with Crippen molar-refractivity contribution in [2.75, 3.05) is 13.2 Å². The third-order valence-electron chi connectivity index (χ3n) is 23.0. The molecule has 10 aliphatic rings. The Balaban J connectivity index is 0.885. The van der Waals surface area contributed by atoms with Crippen molar-refractivity contribution in [1.82, 2.24) is 0 Å². The number of aliphatic hydroxyl groups is 14. The van der Waals surface area contributed by atoms with E-state index in [2.05, 4.69) is 33.8 Å². The van der Waals surface area contributed by atoms with Gasteiger partial charge in [-0.1, -0.05) is 46.3 Å². The summed E-state index contributed by atoms with van der Waals surface area (Å²) in [7, 11) is 0. The first-order valence-electron chi connectivity index (χ1n) is 30.7. The quantitative estimate of drug-likeness (QED) is 0.0350. The molecule has 0 amide bonds. The average Bonchev–Trinajstić information content (AvgIpc) is 0.675. The van der Waals surface area contributed by atoms with Gasteiger partial charge in [-0.2, -0.15) is 0 Å². The van der Waals surface area contributed by atoms with Crippen molar-refractivity contribution in [3.05, 3.63) is 11.6 Å². The Labute approximate surface area is 508 Å². The first-order valence-corrected chi connectivity index (χ1v) is 30.7. The Morgan fingerprint density at radius 3 is 1.84 bits per heavy atom. The first kappa shape index (κ1) is 68.1. The molecule has 4 saturated carbocycles. The van der Waals surface area contributed by atoms with Crippen LogP contribution in [-0.2, 0) is 66.5 Å². The van der Waals surface area contributed by atoms with E-state index in [1.165, 1.54) is 20.8 Å². The maximum absolute atomic E-state index is 15.5. The normalized spacial score (nSPS) is 54.5. The highest BCUT2D eigenvalue weighted by atomic mass is 16.8. The molecule has 15 N–H and O–H groups in total. The molecule has 5 aliphatic carbocycles. The molecule has 9 fully saturated rings. The largest absolute Gasteiger partial charge is 0.481 e. The highest BCUT2D eigenvalue weighted by molar-refractivity contribution is 5.79. The number of fused-ring (bicyclic) bond motifs is 7. The molecule has 0 radical (unpaired) electrons. The maximum atomic E-state index is 15.5. The summed E-state index contributed by atoms with van der Waals surface area (Å²) in [6.07, 6.45) is -38.3. The molecule has 0 aromatic carbocycles. The number of carbonyl (C=O) groups excluding carboxylic acids is 2. The Morgan fingerprint density at radius 1 is 0.580 bits per heavy atom. The molecule has 88 heavy (non-hydrogen) atoms. The molecular formula is C59H92O29. The van der Waals surface area contributed by atoms with Crippen LogP contribution in [0.2, 0.25) is 0 Å². The Kier molecular flexibility index (Phi) is 19.2. The SMILES string of the molecule is CC1O[C@@H](OC(=O)[C@]23CCC(C)(C)C[C@H]2C2=CCC4[C@@]5(C)C[C@H](O)[C@H](O[C@@H]6OC(OC=O)[C@@H](O)[C@H](O[C@@H]7OC[C@@H](O)[C@H](O)C7O)C6O)[C@@](C)(C(=O)O)[C@@H]5CC[C@@]4(C)[C@]2(C)CC3)[C@H](O[C@@H]2OC(C)[C@H](O[C@@H]3OC(CO)[C@@H](O)[C@H](O)C3O)[C@H](O)C2O)C(O)[C@H]1O. The second-order valence-corrected chi connectivity index (χ2v) is 28.4. The van der Waals surface area contributed by atoms with E-state index < -0.39 is 224 Å². The smallest absolute Gasteiger partial charge is 0.315 e. The van der Waals surface area contributed by atoms with Gasteiger partial charge in [-0.05, 0) is 118 Å². The number of esters is 1. The Hall–Kier alpha value is -2.77. The molecule has 10 unspecified atom stereocenters. The van der Waals surface area contributed by atoms with Crippen molar-refractivity contribution in [1.29, 1.82) is 0 Å². The summed E-state index contributed by atoms with van der Waals surface area (Å²) < 4.78 is 64.0. The number of aliphatic hydroxyl groups excluding tert-OH is 14. The van der Waals surface area contributed by atoms with Crippen LogP contribution in [0, 0.1) is 50.2 Å². The van der Waals surface area contributed by atoms with Gasteiger partial charge >= 0.3 is 11.9 Å². The molecule has 29 nitrogen and oxygen atoms in total. The van der Waals surface area contributed by atoms with Gasteiger partial charge in [0.05, 0.1) is 42.4 Å². The lowest BCUT2D eigenvalue weighted by Crippen LogP contribution is -2.70. The molecule has 29 heteroatoms. The van der Waals surface area contributed by atoms with E-state index in [0.717, 1.165) is 5.57 Å². The van der Waals surface area contributed by atoms with Crippen molar-refractivity contribution in [3.8, 4) is 0 Å². The fourth-order valence-corrected chi connectivity index (χ4v) is 17.6. The molecule has 0 aromatic heterocycles. The standard InChI is InChI=1S/C59H92O29/c1-22-31(64)35(68)44(85-48-39(72)36(69)42(23(2)81-48)83-49-38(71)34(67)33(66)28(19-60)82-49)51(80-22)88-53(77)59-15-13-54(3,4)17-25(59)24-9-10-29-55(5)18-26(62)45(58(8,52(75)76)30(55)11-12-57(29,7)56(24,6)14-16-59)86-50-41(74)43(40(73)47(87-50)79-21-61)84-46-37(70)32(65)27(63)20-78-46/h9,21-23,25-51,60,62-74H,10-20H2,1-8H3,(H,75,76)/t22?,23?,25-,26-,27+,28?,29?,30+,31-,32-,33+,34-,35?,36+,37?,38?,39?,40-,41?,42-,43-,44+,45-,46-,47?,48-,49-,50+,51-,55+,56+,57+,58-,59-/m0/s1. The summed E-state index contributed by atoms with van der Waals surface area (Å²) >= 11 is 0. The lowest BCUT2D eigenvalue weighted by molar-refractivity contribution is -0.387. The number of carbonyl (C=O) groups is 3. The van der Waals surface area contributed by atoms with Crippen LogP contribution < -0.4 is 0 Å². The van der Waals surface area contributed by atoms with Crippen LogP contribution in [0.4, 0.5) is 0 Å². The molecule has 0 aromatic rings. The number of hydrogen-bond acceptors (Lipinski definition) is 28. The van der Waals surface area contributed by atoms with Gasteiger partial charge in [-0.15, -0.1) is 0 Å². The van der Waals surface area contributed by atoms with E-state index in [9.17, 15) is 86.2 Å². The van der Waals surface area contributed by atoms with Crippen molar-refractivity contribution in [2.24, 2.45) is 50.2 Å². The van der Waals surface area contributed by atoms with Gasteiger partial charge in [0.1, 0.15) is 97.7 Å². The molecule has 34 atom stereocenters. The number of aliphatic carboxylic acids is 1. The summed E-state index contributed by atoms with van der Waals surface area (Å²) in [5.74, 6) is -3.34. The lowest BCUT2D eigenvalue weighted by Gasteiger charge is -2.71. The van der Waals surface area contributed by atoms with Gasteiger partial charge in [0.2, 0.25) is 12.6 Å². The molecule has 5 aliphatic heterocycles. The van der Waals surface area contributed by atoms with Crippen LogP contribution >= 0.6 is 0 Å². The van der Waals surface area contributed by atoms with Crippen molar-refractivity contribution >= 4 is 18.4 Å². The van der Waals surface area contributed by atoms with Crippen LogP contribution in [0.15, 0.2) is 11.6 Å². The van der Waals surface area contributed by atoms with E-state index in [4.69, 9.17) is 52.1 Å². The van der Waals surface area contributed by atoms with Crippen molar-refractivity contribution < 1.29 is 143 Å². The molecule has 0 spiro atoms. The summed E-state index contributed by atoms with van der Waals surface area (Å²) in [6.45, 7) is 13.7. The van der Waals surface area contributed by atoms with Gasteiger partial charge < -0.3 is 129 Å². The minimum atomic E-state index is -2.01. The van der Waals surface area contributed by atoms with E-state index in [0.29, 0.717) is 51.4 Å². The van der Waals surface area contributed by atoms with Crippen molar-refractivity contribution in [3.63, 3.8) is 0 Å². The number of allylic oxidation sites excluding steroid dienone is 2. The fourth-order valence-electron chi connectivity index (χ4n) is 17.6. The van der Waals surface area contributed by atoms with Gasteiger partial charge in [0.15, 0.2) is 31.3 Å². The highest BCUT2D eigenvalue weighted by Gasteiger charge is 2.73. The Morgan fingerprint density at radius 2 is 1.17 bits per heavy atom. The second-order valence-electron chi connectivity index (χ2n) is 28.4. The molecule has 502 valence electrons. The molecule has 5 heterocycles. The number of hydrogen-bond donors (Lipinski definition) is 15. The van der Waals surface area contributed by atoms with Crippen LogP contribution in [0.25, 0.3) is 0 Å². The second kappa shape index (κ2) is 24.9. The first-order chi connectivity index (χ1) is 41.2. The number of ether oxygens (including phenoxy) is 11. The van der Waals surface area contributed by atoms with Gasteiger partial charge in [-0.25, -0.2) is 0 Å². The third kappa shape index (κ3) is 11.1. The van der Waals surface area contributed by atoms with E-state index in [1.807, 2.05) is 6.92 Å². The lowest BCUT2D eigenvalue weighted by atomic mass is 9.33. The average molecular weight is 1270 g/mol. The zero-order chi connectivity index (χ0) is 64.4. The zero-order valence-electron chi connectivity index (χ0n) is 50.6. The number of rotatable bonds is 14. The van der Waals surface area contributed by atoms with Crippen LogP contribution in [-0.4, -0.2) is 268 Å². The highest BCUT2D eigenvalue weighted by Crippen LogP contribution is 2.76. The van der Waals surface area contributed by atoms with Crippen molar-refractivity contribution in [2.45, 2.75) is 273 Å². The fraction of sp³-hybridized carbons (Fsp3) is 0.915.